The second-order valence-electron chi connectivity index (χ2n) is 9.44. The van der Waals surface area contributed by atoms with Crippen LogP contribution in [0.15, 0.2) is 42.5 Å². The molecule has 2 aromatic rings. The highest BCUT2D eigenvalue weighted by Gasteiger charge is 2.19. The monoisotopic (exact) mass is 543 g/mol. The summed E-state index contributed by atoms with van der Waals surface area (Å²) in [4.78, 5) is 26.1. The quantitative estimate of drug-likeness (QED) is 0.245. The molecular weight excluding hydrogens is 502 g/mol. The van der Waals surface area contributed by atoms with Gasteiger partial charge < -0.3 is 24.2 Å². The molecule has 1 unspecified atom stereocenters. The molecule has 3 rings (SSSR count). The van der Waals surface area contributed by atoms with Crippen molar-refractivity contribution in [2.24, 2.45) is 0 Å². The molecule has 1 N–H and O–H groups in total. The number of benzene rings is 2. The van der Waals surface area contributed by atoms with Crippen LogP contribution >= 0.6 is 11.8 Å². The van der Waals surface area contributed by atoms with E-state index in [1.807, 2.05) is 48.2 Å². The van der Waals surface area contributed by atoms with Crippen molar-refractivity contribution in [3.8, 4) is 11.5 Å². The van der Waals surface area contributed by atoms with Gasteiger partial charge in [-0.1, -0.05) is 38.0 Å². The Morgan fingerprint density at radius 2 is 1.74 bits per heavy atom. The van der Waals surface area contributed by atoms with Crippen molar-refractivity contribution >= 4 is 23.8 Å². The number of carboxylic acids is 1. The van der Waals surface area contributed by atoms with Gasteiger partial charge in [0.15, 0.2) is 6.10 Å². The third-order valence-corrected chi connectivity index (χ3v) is 7.60. The van der Waals surface area contributed by atoms with Crippen molar-refractivity contribution in [1.29, 1.82) is 0 Å². The maximum Gasteiger partial charge on any atom is 0.415 e. The molecule has 0 radical (unpaired) electrons. The first-order valence-corrected chi connectivity index (χ1v) is 14.9. The van der Waals surface area contributed by atoms with Crippen molar-refractivity contribution in [2.45, 2.75) is 64.9 Å². The normalized spacial score (nSPS) is 13.1. The maximum absolute atomic E-state index is 13.1. The van der Waals surface area contributed by atoms with Gasteiger partial charge >= 0.3 is 12.1 Å². The summed E-state index contributed by atoms with van der Waals surface area (Å²) in [6.07, 6.45) is 5.97. The molecule has 8 heteroatoms. The molecule has 0 saturated heterocycles. The standard InChI is InChI=1S/C30H41NO6S/c1-3-5-6-19-38-20-17-31(30(34)37-27-15-12-24-8-7-9-25(24)22-27)16-18-36-26-13-10-23(11-14-26)21-28(29(32)33)35-4-2/h10-15,22,28H,3-9,16-21H2,1-2H3,(H,32,33). The Balaban J connectivity index is 1.52. The van der Waals surface area contributed by atoms with Gasteiger partial charge in [0, 0.05) is 25.3 Å². The minimum Gasteiger partial charge on any atom is -0.492 e. The number of fused-ring (bicyclic) bond motifs is 1. The number of rotatable bonds is 17. The zero-order valence-corrected chi connectivity index (χ0v) is 23.5. The number of carbonyl (C=O) groups is 2. The van der Waals surface area contributed by atoms with E-state index in [0.717, 1.165) is 36.3 Å². The van der Waals surface area contributed by atoms with Crippen LogP contribution in [-0.4, -0.2) is 66.0 Å². The Kier molecular flexibility index (Phi) is 12.8. The minimum atomic E-state index is -0.970. The molecule has 1 aliphatic carbocycles. The molecule has 0 bridgehead atoms. The summed E-state index contributed by atoms with van der Waals surface area (Å²) in [7, 11) is 0. The lowest BCUT2D eigenvalue weighted by Gasteiger charge is -2.22. The van der Waals surface area contributed by atoms with Gasteiger partial charge in [-0.2, -0.15) is 11.8 Å². The van der Waals surface area contributed by atoms with E-state index in [-0.39, 0.29) is 6.09 Å². The lowest BCUT2D eigenvalue weighted by atomic mass is 10.1. The first kappa shape index (κ1) is 29.8. The van der Waals surface area contributed by atoms with Gasteiger partial charge in [-0.25, -0.2) is 9.59 Å². The number of nitrogens with zero attached hydrogens (tertiary/aromatic N) is 1. The Labute approximate surface area is 230 Å². The molecular formula is C30H41NO6S. The topological polar surface area (TPSA) is 85.3 Å². The van der Waals surface area contributed by atoms with E-state index in [4.69, 9.17) is 14.2 Å². The van der Waals surface area contributed by atoms with E-state index in [0.29, 0.717) is 44.2 Å². The number of carbonyl (C=O) groups excluding carboxylic acids is 1. The minimum absolute atomic E-state index is 0.293. The van der Waals surface area contributed by atoms with Crippen LogP contribution < -0.4 is 9.47 Å². The summed E-state index contributed by atoms with van der Waals surface area (Å²) < 4.78 is 17.0. The predicted octanol–water partition coefficient (Wildman–Crippen LogP) is 6.01. The van der Waals surface area contributed by atoms with Gasteiger partial charge in [-0.05, 0) is 79.3 Å². The molecule has 1 amide bonds. The predicted molar refractivity (Wildman–Crippen MR) is 152 cm³/mol. The van der Waals surface area contributed by atoms with Crippen LogP contribution in [0.4, 0.5) is 4.79 Å². The molecule has 1 aliphatic rings. The molecule has 0 spiro atoms. The number of carboxylic acid groups (broad SMARTS) is 1. The number of aliphatic carboxylic acids is 1. The highest BCUT2D eigenvalue weighted by molar-refractivity contribution is 7.99. The summed E-state index contributed by atoms with van der Waals surface area (Å²) >= 11 is 1.86. The van der Waals surface area contributed by atoms with E-state index < -0.39 is 12.1 Å². The Morgan fingerprint density at radius 3 is 2.47 bits per heavy atom. The molecule has 7 nitrogen and oxygen atoms in total. The number of unbranched alkanes of at least 4 members (excludes halogenated alkanes) is 2. The number of aryl methyl sites for hydroxylation is 2. The molecule has 0 fully saturated rings. The molecule has 0 aliphatic heterocycles. The van der Waals surface area contributed by atoms with Crippen molar-refractivity contribution < 1.29 is 28.9 Å². The molecule has 2 aromatic carbocycles. The fourth-order valence-electron chi connectivity index (χ4n) is 4.43. The zero-order valence-electron chi connectivity index (χ0n) is 22.7. The van der Waals surface area contributed by atoms with Crippen LogP contribution in [-0.2, 0) is 28.8 Å². The molecule has 0 saturated carbocycles. The lowest BCUT2D eigenvalue weighted by Crippen LogP contribution is -2.38. The number of thioether (sulfide) groups is 1. The lowest BCUT2D eigenvalue weighted by molar-refractivity contribution is -0.149. The molecule has 38 heavy (non-hydrogen) atoms. The first-order valence-electron chi connectivity index (χ1n) is 13.7. The molecule has 0 aromatic heterocycles. The van der Waals surface area contributed by atoms with Crippen LogP contribution in [0.1, 0.15) is 56.2 Å². The van der Waals surface area contributed by atoms with E-state index >= 15 is 0 Å². The highest BCUT2D eigenvalue weighted by Crippen LogP contribution is 2.26. The second kappa shape index (κ2) is 16.3. The van der Waals surface area contributed by atoms with Crippen molar-refractivity contribution in [3.05, 3.63) is 59.2 Å². The van der Waals surface area contributed by atoms with Gasteiger partial charge in [0.05, 0.1) is 6.54 Å². The van der Waals surface area contributed by atoms with E-state index in [2.05, 4.69) is 13.0 Å². The number of amides is 1. The third kappa shape index (κ3) is 9.87. The fourth-order valence-corrected chi connectivity index (χ4v) is 5.39. The van der Waals surface area contributed by atoms with Crippen LogP contribution in [0, 0.1) is 0 Å². The number of hydrogen-bond acceptors (Lipinski definition) is 6. The van der Waals surface area contributed by atoms with Gasteiger partial charge in [-0.3, -0.25) is 0 Å². The Hall–Kier alpha value is -2.71. The highest BCUT2D eigenvalue weighted by atomic mass is 32.2. The van der Waals surface area contributed by atoms with Crippen LogP contribution in [0.3, 0.4) is 0 Å². The number of hydrogen-bond donors (Lipinski definition) is 1. The van der Waals surface area contributed by atoms with E-state index in [1.165, 1.54) is 30.4 Å². The molecule has 208 valence electrons. The smallest absolute Gasteiger partial charge is 0.415 e. The van der Waals surface area contributed by atoms with E-state index in [9.17, 15) is 14.7 Å². The summed E-state index contributed by atoms with van der Waals surface area (Å²) in [6.45, 7) is 5.66. The summed E-state index contributed by atoms with van der Waals surface area (Å²) in [5, 5.41) is 9.29. The fraction of sp³-hybridized carbons (Fsp3) is 0.533. The van der Waals surface area contributed by atoms with Crippen molar-refractivity contribution in [2.75, 3.05) is 37.8 Å². The molecule has 1 atom stereocenters. The summed E-state index contributed by atoms with van der Waals surface area (Å²) in [6, 6.07) is 13.3. The van der Waals surface area contributed by atoms with Crippen LogP contribution in [0.25, 0.3) is 0 Å². The first-order chi connectivity index (χ1) is 18.5. The second-order valence-corrected chi connectivity index (χ2v) is 10.7. The van der Waals surface area contributed by atoms with Crippen molar-refractivity contribution in [3.63, 3.8) is 0 Å². The SMILES string of the molecule is CCCCCSCCN(CCOc1ccc(CC(OCC)C(=O)O)cc1)C(=O)Oc1ccc2c(c1)CCC2. The Morgan fingerprint density at radius 1 is 0.974 bits per heavy atom. The molecule has 0 heterocycles. The summed E-state index contributed by atoms with van der Waals surface area (Å²) in [5.74, 6) is 2.23. The average molecular weight is 544 g/mol. The average Bonchev–Trinajstić information content (AvgIpc) is 3.38. The van der Waals surface area contributed by atoms with Crippen LogP contribution in [0.5, 0.6) is 11.5 Å². The summed E-state index contributed by atoms with van der Waals surface area (Å²) in [5.41, 5.74) is 3.48. The third-order valence-electron chi connectivity index (χ3n) is 6.55. The van der Waals surface area contributed by atoms with Crippen LogP contribution in [0.2, 0.25) is 0 Å². The van der Waals surface area contributed by atoms with Gasteiger partial charge in [-0.15, -0.1) is 0 Å². The van der Waals surface area contributed by atoms with Gasteiger partial charge in [0.25, 0.3) is 0 Å². The Bertz CT molecular complexity index is 1010. The zero-order chi connectivity index (χ0) is 27.2. The van der Waals surface area contributed by atoms with E-state index in [1.54, 1.807) is 11.8 Å². The van der Waals surface area contributed by atoms with Crippen molar-refractivity contribution in [1.82, 2.24) is 4.90 Å². The number of ether oxygens (including phenoxy) is 3. The maximum atomic E-state index is 13.1. The van der Waals surface area contributed by atoms with Gasteiger partial charge in [0.1, 0.15) is 18.1 Å². The largest absolute Gasteiger partial charge is 0.492 e. The van der Waals surface area contributed by atoms with Gasteiger partial charge in [0.2, 0.25) is 0 Å².